The molecule has 0 aliphatic carbocycles. The molecule has 5 nitrogen and oxygen atoms in total. The van der Waals surface area contributed by atoms with Gasteiger partial charge in [-0.25, -0.2) is 4.98 Å². The van der Waals surface area contributed by atoms with E-state index in [-0.39, 0.29) is 11.3 Å². The zero-order valence-electron chi connectivity index (χ0n) is 10.1. The maximum Gasteiger partial charge on any atom is 0.293 e. The second-order valence-electron chi connectivity index (χ2n) is 5.26. The molecule has 1 saturated heterocycles. The molecule has 16 heavy (non-hydrogen) atoms. The molecular formula is C11H18N4O. The lowest BCUT2D eigenvalue weighted by atomic mass is 9.96. The van der Waals surface area contributed by atoms with Crippen LogP contribution in [-0.4, -0.2) is 39.1 Å². The van der Waals surface area contributed by atoms with Crippen LogP contribution in [0.1, 0.15) is 50.1 Å². The van der Waals surface area contributed by atoms with Gasteiger partial charge < -0.3 is 4.90 Å². The number of aromatic nitrogens is 3. The van der Waals surface area contributed by atoms with Crippen LogP contribution in [0.5, 0.6) is 0 Å². The van der Waals surface area contributed by atoms with E-state index in [0.29, 0.717) is 5.82 Å². The first-order valence-corrected chi connectivity index (χ1v) is 5.70. The van der Waals surface area contributed by atoms with Crippen molar-refractivity contribution in [3.05, 3.63) is 11.6 Å². The van der Waals surface area contributed by atoms with Crippen molar-refractivity contribution in [3.8, 4) is 0 Å². The van der Waals surface area contributed by atoms with Crippen LogP contribution in [-0.2, 0) is 5.41 Å². The first kappa shape index (κ1) is 11.1. The molecule has 0 aromatic carbocycles. The zero-order valence-corrected chi connectivity index (χ0v) is 10.1. The fourth-order valence-electron chi connectivity index (χ4n) is 1.75. The zero-order chi connectivity index (χ0) is 11.8. The van der Waals surface area contributed by atoms with Gasteiger partial charge in [0.15, 0.2) is 0 Å². The fraction of sp³-hybridized carbons (Fsp3) is 0.727. The van der Waals surface area contributed by atoms with Gasteiger partial charge in [0.1, 0.15) is 5.82 Å². The van der Waals surface area contributed by atoms with Crippen molar-refractivity contribution in [1.82, 2.24) is 20.1 Å². The van der Waals surface area contributed by atoms with Crippen LogP contribution in [0.25, 0.3) is 0 Å². The average molecular weight is 222 g/mol. The molecule has 0 spiro atoms. The molecule has 5 heteroatoms. The predicted octanol–water partition coefficient (Wildman–Crippen LogP) is 1.34. The van der Waals surface area contributed by atoms with E-state index in [1.807, 2.05) is 25.7 Å². The van der Waals surface area contributed by atoms with Crippen LogP contribution in [0, 0.1) is 0 Å². The molecule has 1 aromatic heterocycles. The molecule has 1 amide bonds. The summed E-state index contributed by atoms with van der Waals surface area (Å²) in [6.45, 7) is 7.78. The lowest BCUT2D eigenvalue weighted by molar-refractivity contribution is 0.0781. The minimum Gasteiger partial charge on any atom is -0.336 e. The summed E-state index contributed by atoms with van der Waals surface area (Å²) in [6.07, 6.45) is 2.17. The van der Waals surface area contributed by atoms with Crippen LogP contribution >= 0.6 is 0 Å². The topological polar surface area (TPSA) is 61.9 Å². The highest BCUT2D eigenvalue weighted by Gasteiger charge is 2.25. The van der Waals surface area contributed by atoms with E-state index in [1.165, 1.54) is 0 Å². The second kappa shape index (κ2) is 3.88. The number of H-pyrrole nitrogens is 1. The Labute approximate surface area is 95.2 Å². The molecule has 2 heterocycles. The SMILES string of the molecule is CC(C)(C)c1nc(C(=O)N2CCCC2)n[nH]1. The summed E-state index contributed by atoms with van der Waals surface area (Å²) in [5.41, 5.74) is -0.101. The van der Waals surface area contributed by atoms with Crippen molar-refractivity contribution in [3.63, 3.8) is 0 Å². The molecule has 0 atom stereocenters. The highest BCUT2D eigenvalue weighted by molar-refractivity contribution is 5.90. The Morgan fingerprint density at radius 3 is 2.44 bits per heavy atom. The third kappa shape index (κ3) is 2.08. The van der Waals surface area contributed by atoms with Crippen molar-refractivity contribution in [1.29, 1.82) is 0 Å². The Balaban J connectivity index is 2.15. The summed E-state index contributed by atoms with van der Waals surface area (Å²) < 4.78 is 0. The van der Waals surface area contributed by atoms with Gasteiger partial charge in [0.2, 0.25) is 5.82 Å². The summed E-state index contributed by atoms with van der Waals surface area (Å²) in [6, 6.07) is 0. The molecule has 1 aromatic rings. The highest BCUT2D eigenvalue weighted by Crippen LogP contribution is 2.18. The Morgan fingerprint density at radius 2 is 1.94 bits per heavy atom. The summed E-state index contributed by atoms with van der Waals surface area (Å²) >= 11 is 0. The third-order valence-electron chi connectivity index (χ3n) is 2.78. The largest absolute Gasteiger partial charge is 0.336 e. The van der Waals surface area contributed by atoms with Gasteiger partial charge in [-0.1, -0.05) is 20.8 Å². The van der Waals surface area contributed by atoms with Crippen LogP contribution in [0.3, 0.4) is 0 Å². The molecule has 0 saturated carbocycles. The number of hydrogen-bond donors (Lipinski definition) is 1. The molecule has 2 rings (SSSR count). The quantitative estimate of drug-likeness (QED) is 0.780. The lowest BCUT2D eigenvalue weighted by Crippen LogP contribution is -2.28. The number of rotatable bonds is 1. The number of likely N-dealkylation sites (tertiary alicyclic amines) is 1. The Kier molecular flexibility index (Phi) is 2.69. The Morgan fingerprint density at radius 1 is 1.31 bits per heavy atom. The normalized spacial score (nSPS) is 16.8. The van der Waals surface area contributed by atoms with Crippen LogP contribution in [0.4, 0.5) is 0 Å². The molecule has 88 valence electrons. The van der Waals surface area contributed by atoms with Crippen molar-refractivity contribution in [2.75, 3.05) is 13.1 Å². The van der Waals surface area contributed by atoms with Gasteiger partial charge >= 0.3 is 0 Å². The Hall–Kier alpha value is -1.39. The summed E-state index contributed by atoms with van der Waals surface area (Å²) in [5.74, 6) is 1.01. The van der Waals surface area contributed by atoms with Crippen molar-refractivity contribution in [2.45, 2.75) is 39.0 Å². The van der Waals surface area contributed by atoms with E-state index < -0.39 is 0 Å². The lowest BCUT2D eigenvalue weighted by Gasteiger charge is -2.14. The van der Waals surface area contributed by atoms with E-state index in [1.54, 1.807) is 0 Å². The van der Waals surface area contributed by atoms with Gasteiger partial charge in [-0.15, -0.1) is 5.10 Å². The standard InChI is InChI=1S/C11H18N4O/c1-11(2,3)10-12-8(13-14-10)9(16)15-6-4-5-7-15/h4-7H2,1-3H3,(H,12,13,14). The van der Waals surface area contributed by atoms with Crippen molar-refractivity contribution < 1.29 is 4.79 Å². The molecule has 1 N–H and O–H groups in total. The molecule has 0 bridgehead atoms. The maximum atomic E-state index is 12.0. The van der Waals surface area contributed by atoms with E-state index in [2.05, 4.69) is 15.2 Å². The van der Waals surface area contributed by atoms with Gasteiger partial charge in [0.25, 0.3) is 5.91 Å². The summed E-state index contributed by atoms with van der Waals surface area (Å²) in [7, 11) is 0. The molecule has 1 fully saturated rings. The van der Waals surface area contributed by atoms with Gasteiger partial charge in [-0.2, -0.15) is 0 Å². The molecule has 0 unspecified atom stereocenters. The predicted molar refractivity (Wildman–Crippen MR) is 60.2 cm³/mol. The maximum absolute atomic E-state index is 12.0. The van der Waals surface area contributed by atoms with E-state index >= 15 is 0 Å². The second-order valence-corrected chi connectivity index (χ2v) is 5.26. The van der Waals surface area contributed by atoms with Gasteiger partial charge in [0, 0.05) is 18.5 Å². The number of amides is 1. The first-order chi connectivity index (χ1) is 7.48. The van der Waals surface area contributed by atoms with Gasteiger partial charge in [-0.05, 0) is 12.8 Å². The minimum absolute atomic E-state index is 0.0516. The molecule has 0 radical (unpaired) electrons. The Bertz CT molecular complexity index is 385. The van der Waals surface area contributed by atoms with Gasteiger partial charge in [0.05, 0.1) is 0 Å². The monoisotopic (exact) mass is 222 g/mol. The average Bonchev–Trinajstić information content (AvgIpc) is 2.87. The molecule has 1 aliphatic rings. The first-order valence-electron chi connectivity index (χ1n) is 5.70. The van der Waals surface area contributed by atoms with Gasteiger partial charge in [-0.3, -0.25) is 9.89 Å². The number of nitrogens with zero attached hydrogens (tertiary/aromatic N) is 3. The smallest absolute Gasteiger partial charge is 0.293 e. The van der Waals surface area contributed by atoms with Crippen LogP contribution in [0.15, 0.2) is 0 Å². The van der Waals surface area contributed by atoms with Crippen molar-refractivity contribution >= 4 is 5.91 Å². The fourth-order valence-corrected chi connectivity index (χ4v) is 1.75. The summed E-state index contributed by atoms with van der Waals surface area (Å²) in [5, 5.41) is 6.84. The molecule has 1 aliphatic heterocycles. The van der Waals surface area contributed by atoms with E-state index in [9.17, 15) is 4.79 Å². The van der Waals surface area contributed by atoms with E-state index in [4.69, 9.17) is 0 Å². The number of carbonyl (C=O) groups is 1. The van der Waals surface area contributed by atoms with Crippen LogP contribution < -0.4 is 0 Å². The molecular weight excluding hydrogens is 204 g/mol. The number of hydrogen-bond acceptors (Lipinski definition) is 3. The van der Waals surface area contributed by atoms with Crippen LogP contribution in [0.2, 0.25) is 0 Å². The minimum atomic E-state index is -0.101. The van der Waals surface area contributed by atoms with E-state index in [0.717, 1.165) is 31.8 Å². The highest BCUT2D eigenvalue weighted by atomic mass is 16.2. The third-order valence-corrected chi connectivity index (χ3v) is 2.78. The van der Waals surface area contributed by atoms with Crippen molar-refractivity contribution in [2.24, 2.45) is 0 Å². The summed E-state index contributed by atoms with van der Waals surface area (Å²) in [4.78, 5) is 18.1. The number of nitrogens with one attached hydrogen (secondary N) is 1. The number of aromatic amines is 1. The number of carbonyl (C=O) groups excluding carboxylic acids is 1.